The molecule has 7 rings (SSSR count). The Hall–Kier alpha value is -5.73. The second kappa shape index (κ2) is 16.6. The smallest absolute Gasteiger partial charge is 0.408 e. The van der Waals surface area contributed by atoms with Crippen LogP contribution in [0.2, 0.25) is 0 Å². The molecule has 0 radical (unpaired) electrons. The van der Waals surface area contributed by atoms with Crippen molar-refractivity contribution in [1.29, 1.82) is 0 Å². The molecule has 2 aromatic carbocycles. The number of ketones is 3. The number of carbonyl (C=O) groups excluding carboxylic acids is 7. The Kier molecular flexibility index (Phi) is 11.8. The first-order valence-corrected chi connectivity index (χ1v) is 19.9. The number of imide groups is 1. The quantitative estimate of drug-likeness (QED) is 0.102. The van der Waals surface area contributed by atoms with Gasteiger partial charge in [-0.25, -0.2) is 9.59 Å². The summed E-state index contributed by atoms with van der Waals surface area (Å²) in [6.07, 6.45) is -4.27. The van der Waals surface area contributed by atoms with Crippen LogP contribution in [0.3, 0.4) is 0 Å². The Morgan fingerprint density at radius 3 is 2.39 bits per heavy atom. The summed E-state index contributed by atoms with van der Waals surface area (Å²) in [7, 11) is 1.29. The standard InChI is InChI=1S/C42H46N2O17/c1-19-34(49)23(43-40(55)59-20-7-4-5-13-41(2,14-12-20)39(54)61-44-27(47)10-11-28(44)48)15-29(58-19)60-25-17-42(56,26(46)18-45)16-22-31(25)38(53)33-32(36(22)51)35(50)21-8-6-9-24(57-3)30(21)37(33)52/h4,6-9,19-20,23,25,29,34,45,49,51,53,56H,5,10-18H2,1-3H3,(H,43,55)/b7-4+/t19-,20-,23-,25-,29-,34+,41+,42-/m0/s1. The van der Waals surface area contributed by atoms with Gasteiger partial charge in [0.15, 0.2) is 17.9 Å². The number of hydrogen-bond acceptors (Lipinski definition) is 17. The van der Waals surface area contributed by atoms with Crippen LogP contribution < -0.4 is 10.1 Å². The second-order valence-electron chi connectivity index (χ2n) is 16.2. The average Bonchev–Trinajstić information content (AvgIpc) is 3.54. The number of aliphatic hydroxyl groups excluding tert-OH is 2. The predicted octanol–water partition coefficient (Wildman–Crippen LogP) is 1.88. The van der Waals surface area contributed by atoms with Crippen LogP contribution in [0.4, 0.5) is 4.79 Å². The summed E-state index contributed by atoms with van der Waals surface area (Å²) in [6, 6.07) is 3.17. The van der Waals surface area contributed by atoms with E-state index in [0.717, 1.165) is 0 Å². The zero-order valence-electron chi connectivity index (χ0n) is 33.5. The highest BCUT2D eigenvalue weighted by atomic mass is 16.7. The van der Waals surface area contributed by atoms with E-state index >= 15 is 0 Å². The number of hydrogen-bond donors (Lipinski definition) is 6. The Bertz CT molecular complexity index is 2220. The number of nitrogens with one attached hydrogen (secondary N) is 1. The number of carbonyl (C=O) groups is 7. The minimum atomic E-state index is -2.39. The van der Waals surface area contributed by atoms with Gasteiger partial charge >= 0.3 is 12.1 Å². The molecule has 2 aromatic rings. The zero-order valence-corrected chi connectivity index (χ0v) is 33.5. The maximum Gasteiger partial charge on any atom is 0.408 e. The number of aromatic hydroxyl groups is 2. The van der Waals surface area contributed by atoms with Crippen molar-refractivity contribution in [3.05, 3.63) is 63.7 Å². The summed E-state index contributed by atoms with van der Waals surface area (Å²) >= 11 is 0. The number of benzene rings is 2. The second-order valence-corrected chi connectivity index (χ2v) is 16.2. The Morgan fingerprint density at radius 1 is 1.00 bits per heavy atom. The number of fused-ring (bicyclic) bond motifs is 3. The number of amides is 3. The first-order chi connectivity index (χ1) is 28.9. The molecular weight excluding hydrogens is 804 g/mol. The van der Waals surface area contributed by atoms with Gasteiger partial charge in [-0.1, -0.05) is 18.2 Å². The lowest BCUT2D eigenvalue weighted by atomic mass is 9.72. The largest absolute Gasteiger partial charge is 0.507 e. The summed E-state index contributed by atoms with van der Waals surface area (Å²) in [5, 5.41) is 59.0. The number of methoxy groups -OCH3 is 1. The first kappa shape index (κ1) is 43.4. The Labute approximate surface area is 348 Å². The van der Waals surface area contributed by atoms with Crippen molar-refractivity contribution in [3.8, 4) is 17.2 Å². The Morgan fingerprint density at radius 2 is 1.70 bits per heavy atom. The van der Waals surface area contributed by atoms with Gasteiger partial charge in [-0.15, -0.1) is 5.06 Å². The summed E-state index contributed by atoms with van der Waals surface area (Å²) < 4.78 is 23.1. The van der Waals surface area contributed by atoms with Crippen molar-refractivity contribution in [2.24, 2.45) is 5.41 Å². The van der Waals surface area contributed by atoms with Crippen molar-refractivity contribution < 1.29 is 82.9 Å². The fourth-order valence-electron chi connectivity index (χ4n) is 8.67. The SMILES string of the molecule is COc1cccc2c1C(=O)c1c(O)c3c(c(O)c1C2=O)C[C@@](O)(C(=O)CO)C[C@@H]3O[C@H]1C[C@H](NC(=O)O[C@H]2/C=C/CC[C@@](C)(C(=O)ON3C(=O)CCC3=O)CC2)[C@H](O)[C@H](C)O1. The molecule has 61 heavy (non-hydrogen) atoms. The predicted molar refractivity (Wildman–Crippen MR) is 204 cm³/mol. The van der Waals surface area contributed by atoms with Crippen LogP contribution >= 0.6 is 0 Å². The number of alkyl carbamates (subject to hydrolysis) is 1. The average molecular weight is 851 g/mol. The molecule has 2 heterocycles. The fraction of sp³-hybridized carbons (Fsp3) is 0.500. The van der Waals surface area contributed by atoms with Crippen LogP contribution in [-0.2, 0) is 44.6 Å². The summed E-state index contributed by atoms with van der Waals surface area (Å²) in [5.74, 6) is -6.26. The topological polar surface area (TPSA) is 282 Å². The third-order valence-electron chi connectivity index (χ3n) is 12.2. The van der Waals surface area contributed by atoms with Crippen LogP contribution in [0.5, 0.6) is 17.2 Å². The molecule has 19 heteroatoms. The van der Waals surface area contributed by atoms with Gasteiger partial charge in [0.2, 0.25) is 5.78 Å². The highest BCUT2D eigenvalue weighted by Crippen LogP contribution is 2.52. The minimum absolute atomic E-state index is 0.0354. The molecule has 8 atom stereocenters. The highest BCUT2D eigenvalue weighted by Gasteiger charge is 2.51. The van der Waals surface area contributed by atoms with E-state index in [1.165, 1.54) is 32.2 Å². The van der Waals surface area contributed by atoms with Gasteiger partial charge in [0.1, 0.15) is 41.7 Å². The van der Waals surface area contributed by atoms with Gasteiger partial charge < -0.3 is 54.6 Å². The molecule has 2 aliphatic heterocycles. The normalized spacial score (nSPS) is 30.3. The van der Waals surface area contributed by atoms with Crippen molar-refractivity contribution in [1.82, 2.24) is 10.4 Å². The molecule has 3 amide bonds. The zero-order chi connectivity index (χ0) is 44.1. The molecular formula is C42H46N2O17. The van der Waals surface area contributed by atoms with E-state index in [1.807, 2.05) is 0 Å². The minimum Gasteiger partial charge on any atom is -0.507 e. The van der Waals surface area contributed by atoms with Crippen LogP contribution in [0.25, 0.3) is 0 Å². The van der Waals surface area contributed by atoms with Gasteiger partial charge in [-0.3, -0.25) is 24.0 Å². The number of phenols is 2. The molecule has 326 valence electrons. The monoisotopic (exact) mass is 850 g/mol. The maximum atomic E-state index is 14.0. The molecule has 0 aromatic heterocycles. The molecule has 5 aliphatic rings. The molecule has 19 nitrogen and oxygen atoms in total. The molecule has 0 unspecified atom stereocenters. The van der Waals surface area contributed by atoms with E-state index in [-0.39, 0.29) is 60.1 Å². The number of phenolic OH excluding ortho intramolecular Hbond substituents is 2. The third kappa shape index (κ3) is 7.87. The number of hydroxylamine groups is 2. The number of nitrogens with zero attached hydrogens (tertiary/aromatic N) is 1. The highest BCUT2D eigenvalue weighted by molar-refractivity contribution is 6.31. The van der Waals surface area contributed by atoms with Crippen LogP contribution in [0.15, 0.2) is 30.4 Å². The number of aliphatic hydroxyl groups is 3. The third-order valence-corrected chi connectivity index (χ3v) is 12.2. The van der Waals surface area contributed by atoms with E-state index in [4.69, 9.17) is 23.8 Å². The number of rotatable bonds is 9. The summed E-state index contributed by atoms with van der Waals surface area (Å²) in [5.41, 5.74) is -5.43. The molecule has 6 N–H and O–H groups in total. The lowest BCUT2D eigenvalue weighted by molar-refractivity contribution is -0.249. The van der Waals surface area contributed by atoms with Gasteiger partial charge in [0.05, 0.1) is 47.5 Å². The lowest BCUT2D eigenvalue weighted by Crippen LogP contribution is -2.56. The van der Waals surface area contributed by atoms with Gasteiger partial charge in [-0.2, -0.15) is 0 Å². The molecule has 0 saturated carbocycles. The van der Waals surface area contributed by atoms with Crippen molar-refractivity contribution in [2.75, 3.05) is 13.7 Å². The van der Waals surface area contributed by atoms with Crippen LogP contribution in [-0.4, -0.2) is 122 Å². The van der Waals surface area contributed by atoms with Crippen LogP contribution in [0.1, 0.15) is 114 Å². The van der Waals surface area contributed by atoms with Crippen molar-refractivity contribution in [2.45, 2.75) is 114 Å². The van der Waals surface area contributed by atoms with Crippen molar-refractivity contribution >= 4 is 41.2 Å². The summed E-state index contributed by atoms with van der Waals surface area (Å²) in [4.78, 5) is 96.5. The Balaban J connectivity index is 1.10. The maximum absolute atomic E-state index is 14.0. The fourth-order valence-corrected chi connectivity index (χ4v) is 8.67. The van der Waals surface area contributed by atoms with Gasteiger partial charge in [0, 0.05) is 48.8 Å². The molecule has 0 spiro atoms. The van der Waals surface area contributed by atoms with Gasteiger partial charge in [0.25, 0.3) is 11.8 Å². The number of allylic oxidation sites excluding steroid dienone is 1. The van der Waals surface area contributed by atoms with E-state index in [1.54, 1.807) is 19.1 Å². The lowest BCUT2D eigenvalue weighted by Gasteiger charge is -2.42. The molecule has 2 fully saturated rings. The summed E-state index contributed by atoms with van der Waals surface area (Å²) in [6.45, 7) is 2.00. The van der Waals surface area contributed by atoms with E-state index in [0.29, 0.717) is 17.9 Å². The molecule has 0 bridgehead atoms. The van der Waals surface area contributed by atoms with E-state index in [2.05, 4.69) is 5.32 Å². The molecule has 3 aliphatic carbocycles. The van der Waals surface area contributed by atoms with Gasteiger partial charge in [-0.05, 0) is 51.7 Å². The van der Waals surface area contributed by atoms with E-state index < -0.39 is 131 Å². The number of Topliss-reactive ketones (excluding diaryl/α,β-unsaturated/α-hetero) is 1. The first-order valence-electron chi connectivity index (χ1n) is 19.9. The number of ether oxygens (including phenoxy) is 4. The van der Waals surface area contributed by atoms with Crippen molar-refractivity contribution in [3.63, 3.8) is 0 Å². The van der Waals surface area contributed by atoms with Crippen LogP contribution in [0, 0.1) is 5.41 Å². The molecule has 2 saturated heterocycles. The van der Waals surface area contributed by atoms with E-state index in [9.17, 15) is 59.1 Å².